The second-order valence-electron chi connectivity index (χ2n) is 7.26. The summed E-state index contributed by atoms with van der Waals surface area (Å²) in [6, 6.07) is 2.13. The lowest BCUT2D eigenvalue weighted by Gasteiger charge is -2.21. The van der Waals surface area contributed by atoms with E-state index in [1.807, 2.05) is 0 Å². The molecule has 0 bridgehead atoms. The molecule has 2 heterocycles. The summed E-state index contributed by atoms with van der Waals surface area (Å²) >= 11 is 0. The average molecular weight is 393 g/mol. The Labute approximate surface area is 165 Å². The largest absolute Gasteiger partial charge is 0.478 e. The smallest absolute Gasteiger partial charge is 0.328 e. The van der Waals surface area contributed by atoms with Crippen LogP contribution in [0.5, 0.6) is 5.88 Å². The molecule has 1 fully saturated rings. The van der Waals surface area contributed by atoms with E-state index in [1.54, 1.807) is 0 Å². The Morgan fingerprint density at radius 2 is 1.96 bits per heavy atom. The lowest BCUT2D eigenvalue weighted by Crippen LogP contribution is -2.31. The molecule has 0 unspecified atom stereocenters. The molecule has 0 atom stereocenters. The van der Waals surface area contributed by atoms with Gasteiger partial charge in [0.2, 0.25) is 5.88 Å². The number of carboxylic acids is 2. The van der Waals surface area contributed by atoms with Gasteiger partial charge in [-0.25, -0.2) is 9.59 Å². The van der Waals surface area contributed by atoms with E-state index in [2.05, 4.69) is 27.7 Å². The molecule has 156 valence electrons. The van der Waals surface area contributed by atoms with E-state index in [1.165, 1.54) is 50.9 Å². The zero-order valence-electron chi connectivity index (χ0n) is 16.5. The van der Waals surface area contributed by atoms with Gasteiger partial charge in [-0.15, -0.1) is 5.10 Å². The number of carbonyl (C=O) groups is 2. The minimum Gasteiger partial charge on any atom is -0.478 e. The van der Waals surface area contributed by atoms with Crippen LogP contribution in [0.4, 0.5) is 0 Å². The van der Waals surface area contributed by atoms with E-state index < -0.39 is 11.9 Å². The summed E-state index contributed by atoms with van der Waals surface area (Å²) in [5.74, 6) is -0.731. The first-order valence-corrected chi connectivity index (χ1v) is 10.0. The SMILES string of the molecule is CCCN(CCOc1cc2n(n1)CCCC2)CC1CC1.O=C(O)C=CC(=O)O. The Morgan fingerprint density at radius 3 is 2.54 bits per heavy atom. The summed E-state index contributed by atoms with van der Waals surface area (Å²) in [4.78, 5) is 21.7. The molecule has 3 rings (SSSR count). The molecule has 1 aliphatic carbocycles. The number of aryl methyl sites for hydroxylation is 2. The van der Waals surface area contributed by atoms with Gasteiger partial charge < -0.3 is 14.9 Å². The third-order valence-corrected chi connectivity index (χ3v) is 4.67. The quantitative estimate of drug-likeness (QED) is 0.588. The summed E-state index contributed by atoms with van der Waals surface area (Å²) in [7, 11) is 0. The van der Waals surface area contributed by atoms with E-state index in [0.717, 1.165) is 37.9 Å². The molecule has 0 saturated heterocycles. The zero-order valence-corrected chi connectivity index (χ0v) is 16.5. The standard InChI is InChI=1S/C16H27N3O.C4H4O4/c1-2-8-18(13-14-6-7-14)10-11-20-16-12-15-5-3-4-9-19(15)17-16;5-3(6)1-2-4(7)8/h12,14H,2-11,13H2,1H3;1-2H,(H,5,6)(H,7,8). The molecule has 0 radical (unpaired) electrons. The fraction of sp³-hybridized carbons (Fsp3) is 0.650. The minimum atomic E-state index is -1.26. The van der Waals surface area contributed by atoms with Crippen molar-refractivity contribution in [1.29, 1.82) is 0 Å². The Morgan fingerprint density at radius 1 is 1.25 bits per heavy atom. The summed E-state index contributed by atoms with van der Waals surface area (Å²) in [5.41, 5.74) is 1.34. The van der Waals surface area contributed by atoms with Crippen LogP contribution in [0, 0.1) is 5.92 Å². The molecule has 2 aliphatic rings. The summed E-state index contributed by atoms with van der Waals surface area (Å²) < 4.78 is 7.98. The second-order valence-corrected chi connectivity index (χ2v) is 7.26. The Balaban J connectivity index is 0.000000300. The molecule has 1 aromatic heterocycles. The molecule has 2 N–H and O–H groups in total. The summed E-state index contributed by atoms with van der Waals surface area (Å²) in [6.07, 6.45) is 8.89. The Bertz CT molecular complexity index is 627. The van der Waals surface area contributed by atoms with Crippen LogP contribution >= 0.6 is 0 Å². The van der Waals surface area contributed by atoms with Gasteiger partial charge in [0, 0.05) is 43.5 Å². The van der Waals surface area contributed by atoms with Crippen LogP contribution in [0.25, 0.3) is 0 Å². The second kappa shape index (κ2) is 11.5. The topological polar surface area (TPSA) is 105 Å². The number of nitrogens with zero attached hydrogens (tertiary/aromatic N) is 3. The Hall–Kier alpha value is -2.35. The van der Waals surface area contributed by atoms with Crippen LogP contribution in [-0.2, 0) is 22.6 Å². The fourth-order valence-electron chi connectivity index (χ4n) is 3.16. The van der Waals surface area contributed by atoms with Crippen molar-refractivity contribution in [3.05, 3.63) is 23.9 Å². The third-order valence-electron chi connectivity index (χ3n) is 4.67. The van der Waals surface area contributed by atoms with Gasteiger partial charge in [0.1, 0.15) is 6.61 Å². The molecular formula is C20H31N3O5. The molecule has 0 amide bonds. The molecule has 1 saturated carbocycles. The van der Waals surface area contributed by atoms with Crippen molar-refractivity contribution in [2.24, 2.45) is 5.92 Å². The molecule has 0 aromatic carbocycles. The van der Waals surface area contributed by atoms with Crippen LogP contribution in [0.3, 0.4) is 0 Å². The van der Waals surface area contributed by atoms with Crippen molar-refractivity contribution in [1.82, 2.24) is 14.7 Å². The minimum absolute atomic E-state index is 0.558. The van der Waals surface area contributed by atoms with Gasteiger partial charge in [-0.1, -0.05) is 6.92 Å². The maximum absolute atomic E-state index is 9.55. The first kappa shape index (κ1) is 21.9. The predicted molar refractivity (Wildman–Crippen MR) is 105 cm³/mol. The van der Waals surface area contributed by atoms with Gasteiger partial charge in [-0.2, -0.15) is 0 Å². The average Bonchev–Trinajstić information content (AvgIpc) is 3.37. The maximum Gasteiger partial charge on any atom is 0.328 e. The van der Waals surface area contributed by atoms with Crippen molar-refractivity contribution >= 4 is 11.9 Å². The summed E-state index contributed by atoms with van der Waals surface area (Å²) in [6.45, 7) is 7.57. The van der Waals surface area contributed by atoms with Crippen molar-refractivity contribution in [2.75, 3.05) is 26.2 Å². The highest BCUT2D eigenvalue weighted by Gasteiger charge is 2.23. The van der Waals surface area contributed by atoms with E-state index in [4.69, 9.17) is 14.9 Å². The predicted octanol–water partition coefficient (Wildman–Crippen LogP) is 2.43. The van der Waals surface area contributed by atoms with Crippen LogP contribution in [0.1, 0.15) is 44.7 Å². The number of aliphatic carboxylic acids is 2. The molecule has 8 nitrogen and oxygen atoms in total. The van der Waals surface area contributed by atoms with Crippen molar-refractivity contribution < 1.29 is 24.5 Å². The van der Waals surface area contributed by atoms with E-state index in [-0.39, 0.29) is 0 Å². The first-order valence-electron chi connectivity index (χ1n) is 10.0. The van der Waals surface area contributed by atoms with E-state index >= 15 is 0 Å². The van der Waals surface area contributed by atoms with Crippen LogP contribution < -0.4 is 4.74 Å². The van der Waals surface area contributed by atoms with Gasteiger partial charge in [-0.05, 0) is 51.0 Å². The first-order chi connectivity index (χ1) is 13.5. The lowest BCUT2D eigenvalue weighted by atomic mass is 10.1. The normalized spacial score (nSPS) is 15.8. The monoisotopic (exact) mass is 393 g/mol. The molecule has 28 heavy (non-hydrogen) atoms. The molecule has 1 aliphatic heterocycles. The van der Waals surface area contributed by atoms with Crippen LogP contribution in [-0.4, -0.2) is 63.1 Å². The highest BCUT2D eigenvalue weighted by Crippen LogP contribution is 2.29. The van der Waals surface area contributed by atoms with Gasteiger partial charge in [0.15, 0.2) is 0 Å². The van der Waals surface area contributed by atoms with Crippen molar-refractivity contribution in [2.45, 2.75) is 52.0 Å². The highest BCUT2D eigenvalue weighted by atomic mass is 16.5. The van der Waals surface area contributed by atoms with Gasteiger partial charge >= 0.3 is 11.9 Å². The van der Waals surface area contributed by atoms with Crippen molar-refractivity contribution in [3.63, 3.8) is 0 Å². The Kier molecular flexibility index (Phi) is 9.00. The third kappa shape index (κ3) is 8.56. The van der Waals surface area contributed by atoms with E-state index in [0.29, 0.717) is 12.2 Å². The van der Waals surface area contributed by atoms with Gasteiger partial charge in [0.05, 0.1) is 0 Å². The van der Waals surface area contributed by atoms with Gasteiger partial charge in [-0.3, -0.25) is 9.58 Å². The van der Waals surface area contributed by atoms with Crippen molar-refractivity contribution in [3.8, 4) is 5.88 Å². The van der Waals surface area contributed by atoms with Crippen LogP contribution in [0.15, 0.2) is 18.2 Å². The zero-order chi connectivity index (χ0) is 20.4. The number of hydrogen-bond acceptors (Lipinski definition) is 5. The lowest BCUT2D eigenvalue weighted by molar-refractivity contribution is -0.134. The molecule has 8 heteroatoms. The summed E-state index contributed by atoms with van der Waals surface area (Å²) in [5, 5.41) is 20.2. The molecule has 1 aromatic rings. The number of carboxylic acid groups (broad SMARTS) is 2. The molecule has 0 spiro atoms. The number of rotatable bonds is 10. The number of fused-ring (bicyclic) bond motifs is 1. The maximum atomic E-state index is 9.55. The molecular weight excluding hydrogens is 362 g/mol. The van der Waals surface area contributed by atoms with Gasteiger partial charge in [0.25, 0.3) is 0 Å². The number of hydrogen-bond donors (Lipinski definition) is 2. The fourth-order valence-corrected chi connectivity index (χ4v) is 3.16. The number of ether oxygens (including phenoxy) is 1. The number of aromatic nitrogens is 2. The highest BCUT2D eigenvalue weighted by molar-refractivity contribution is 5.89. The van der Waals surface area contributed by atoms with Crippen LogP contribution in [0.2, 0.25) is 0 Å². The van der Waals surface area contributed by atoms with E-state index in [9.17, 15) is 9.59 Å².